The highest BCUT2D eigenvalue weighted by atomic mass is 32.2. The van der Waals surface area contributed by atoms with Gasteiger partial charge in [0.2, 0.25) is 11.8 Å². The third-order valence-electron chi connectivity index (χ3n) is 6.27. The van der Waals surface area contributed by atoms with E-state index in [-0.39, 0.29) is 4.87 Å². The number of carbonyl (C=O) groups is 3. The molecule has 2 unspecified atom stereocenters. The third-order valence-corrected chi connectivity index (χ3v) is 8.67. The first-order valence-corrected chi connectivity index (χ1v) is 12.8. The molecule has 1 saturated heterocycles. The van der Waals surface area contributed by atoms with Gasteiger partial charge in [-0.2, -0.15) is 0 Å². The summed E-state index contributed by atoms with van der Waals surface area (Å²) in [6, 6.07) is 13.2. The number of fused-ring (bicyclic) bond motifs is 2. The first-order chi connectivity index (χ1) is 17.3. The molecule has 1 aromatic heterocycles. The highest BCUT2D eigenvalue weighted by Gasteiger charge is 2.56. The van der Waals surface area contributed by atoms with Crippen molar-refractivity contribution in [3.63, 3.8) is 0 Å². The zero-order valence-corrected chi connectivity index (χ0v) is 21.0. The largest absolute Gasteiger partial charge is 0.493 e. The highest BCUT2D eigenvalue weighted by Crippen LogP contribution is 2.53. The van der Waals surface area contributed by atoms with Gasteiger partial charge in [0, 0.05) is 10.8 Å². The molecule has 11 heteroatoms. The first kappa shape index (κ1) is 24.1. The van der Waals surface area contributed by atoms with Gasteiger partial charge < -0.3 is 19.6 Å². The van der Waals surface area contributed by atoms with E-state index in [2.05, 4.69) is 4.98 Å². The Morgan fingerprint density at radius 3 is 2.53 bits per heavy atom. The van der Waals surface area contributed by atoms with Crippen LogP contribution in [0.15, 0.2) is 52.3 Å². The average Bonchev–Trinajstić information content (AvgIpc) is 3.34. The van der Waals surface area contributed by atoms with Crippen LogP contribution in [0.1, 0.15) is 27.5 Å². The van der Waals surface area contributed by atoms with Gasteiger partial charge >= 0.3 is 10.8 Å². The van der Waals surface area contributed by atoms with E-state index in [0.29, 0.717) is 33.6 Å². The van der Waals surface area contributed by atoms with Crippen LogP contribution in [0.2, 0.25) is 0 Å². The van der Waals surface area contributed by atoms with E-state index < -0.39 is 41.4 Å². The summed E-state index contributed by atoms with van der Waals surface area (Å²) in [4.78, 5) is 53.6. The third kappa shape index (κ3) is 4.28. The molecule has 186 valence electrons. The number of amides is 2. The van der Waals surface area contributed by atoms with Crippen molar-refractivity contribution in [3.05, 3.63) is 73.7 Å². The number of likely N-dealkylation sites (tertiary alicyclic amines) is 1. The second-order valence-electron chi connectivity index (χ2n) is 8.59. The first-order valence-electron chi connectivity index (χ1n) is 11.1. The SMILES string of the molecule is COc1cc([C@H]2c3sc(=O)[nH]c3SC3C(=O)N(CC(=O)O)C(=O)C32)ccc1OCc1ccc(C)cc1. The number of carbonyl (C=O) groups excluding carboxylic acids is 2. The maximum Gasteiger partial charge on any atom is 0.323 e. The fourth-order valence-corrected chi connectivity index (χ4v) is 7.10. The number of ether oxygens (including phenoxy) is 2. The van der Waals surface area contributed by atoms with E-state index in [1.165, 1.54) is 7.11 Å². The summed E-state index contributed by atoms with van der Waals surface area (Å²) < 4.78 is 11.6. The number of aryl methyl sites for hydroxylation is 1. The number of carboxylic acid groups (broad SMARTS) is 1. The van der Waals surface area contributed by atoms with Crippen LogP contribution in [0.5, 0.6) is 11.5 Å². The maximum absolute atomic E-state index is 13.3. The minimum absolute atomic E-state index is 0.287. The normalized spacial score (nSPS) is 20.7. The monoisotopic (exact) mass is 526 g/mol. The van der Waals surface area contributed by atoms with E-state index in [9.17, 15) is 24.3 Å². The average molecular weight is 527 g/mol. The molecule has 0 saturated carbocycles. The molecule has 2 aliphatic heterocycles. The summed E-state index contributed by atoms with van der Waals surface area (Å²) in [6.07, 6.45) is 0. The van der Waals surface area contributed by atoms with E-state index in [1.54, 1.807) is 18.2 Å². The maximum atomic E-state index is 13.3. The number of rotatable bonds is 7. The zero-order valence-electron chi connectivity index (χ0n) is 19.3. The molecular weight excluding hydrogens is 504 g/mol. The van der Waals surface area contributed by atoms with Crippen LogP contribution in [-0.2, 0) is 21.0 Å². The summed E-state index contributed by atoms with van der Waals surface area (Å²) in [7, 11) is 1.51. The molecule has 2 aromatic carbocycles. The van der Waals surface area contributed by atoms with E-state index >= 15 is 0 Å². The molecule has 0 aliphatic carbocycles. The number of methoxy groups -OCH3 is 1. The number of aromatic nitrogens is 1. The van der Waals surface area contributed by atoms with Crippen molar-refractivity contribution in [3.8, 4) is 11.5 Å². The molecule has 5 rings (SSSR count). The number of aliphatic carboxylic acids is 1. The van der Waals surface area contributed by atoms with Gasteiger partial charge in [-0.1, -0.05) is 59.0 Å². The van der Waals surface area contributed by atoms with Crippen LogP contribution >= 0.6 is 23.1 Å². The topological polar surface area (TPSA) is 126 Å². The van der Waals surface area contributed by atoms with Crippen LogP contribution < -0.4 is 14.3 Å². The summed E-state index contributed by atoms with van der Waals surface area (Å²) in [5, 5.41) is 8.90. The fraction of sp³-hybridized carbons (Fsp3) is 0.280. The molecule has 0 radical (unpaired) electrons. The molecule has 3 aromatic rings. The molecule has 0 spiro atoms. The van der Waals surface area contributed by atoms with Gasteiger partial charge in [0.15, 0.2) is 11.5 Å². The second kappa shape index (κ2) is 9.47. The van der Waals surface area contributed by atoms with Crippen molar-refractivity contribution in [1.82, 2.24) is 9.88 Å². The summed E-state index contributed by atoms with van der Waals surface area (Å²) >= 11 is 2.09. The molecule has 3 heterocycles. The Morgan fingerprint density at radius 1 is 1.08 bits per heavy atom. The number of hydrogen-bond donors (Lipinski definition) is 2. The van der Waals surface area contributed by atoms with Crippen molar-refractivity contribution >= 4 is 40.9 Å². The van der Waals surface area contributed by atoms with Gasteiger partial charge in [0.25, 0.3) is 0 Å². The molecule has 36 heavy (non-hydrogen) atoms. The van der Waals surface area contributed by atoms with Crippen LogP contribution in [0, 0.1) is 12.8 Å². The lowest BCUT2D eigenvalue weighted by Gasteiger charge is -2.30. The Bertz CT molecular complexity index is 1410. The number of thiazole rings is 1. The number of aromatic amines is 1. The number of hydrogen-bond acceptors (Lipinski definition) is 8. The molecule has 1 fully saturated rings. The lowest BCUT2D eigenvalue weighted by Crippen LogP contribution is -2.36. The van der Waals surface area contributed by atoms with Crippen molar-refractivity contribution < 1.29 is 29.0 Å². The molecular formula is C25H22N2O7S2. The lowest BCUT2D eigenvalue weighted by atomic mass is 9.83. The predicted octanol–water partition coefficient (Wildman–Crippen LogP) is 3.01. The summed E-state index contributed by atoms with van der Waals surface area (Å²) in [6.45, 7) is 1.65. The fourth-order valence-electron chi connectivity index (χ4n) is 4.57. The van der Waals surface area contributed by atoms with Crippen LogP contribution in [0.3, 0.4) is 0 Å². The highest BCUT2D eigenvalue weighted by molar-refractivity contribution is 8.00. The van der Waals surface area contributed by atoms with Gasteiger partial charge in [-0.25, -0.2) is 0 Å². The van der Waals surface area contributed by atoms with Crippen molar-refractivity contribution in [1.29, 1.82) is 0 Å². The molecule has 2 amide bonds. The van der Waals surface area contributed by atoms with Crippen molar-refractivity contribution in [2.24, 2.45) is 5.92 Å². The van der Waals surface area contributed by atoms with Gasteiger partial charge in [-0.3, -0.25) is 24.1 Å². The van der Waals surface area contributed by atoms with E-state index in [1.807, 2.05) is 31.2 Å². The number of H-pyrrole nitrogens is 1. The van der Waals surface area contributed by atoms with Gasteiger partial charge in [0.05, 0.1) is 18.1 Å². The van der Waals surface area contributed by atoms with Crippen molar-refractivity contribution in [2.45, 2.75) is 29.7 Å². The van der Waals surface area contributed by atoms with Gasteiger partial charge in [-0.05, 0) is 30.2 Å². The van der Waals surface area contributed by atoms with Gasteiger partial charge in [-0.15, -0.1) is 0 Å². The predicted molar refractivity (Wildman–Crippen MR) is 133 cm³/mol. The van der Waals surface area contributed by atoms with E-state index in [0.717, 1.165) is 39.1 Å². The Balaban J connectivity index is 1.50. The van der Waals surface area contributed by atoms with Crippen LogP contribution in [0.25, 0.3) is 0 Å². The van der Waals surface area contributed by atoms with Gasteiger partial charge in [0.1, 0.15) is 18.4 Å². The molecule has 2 N–H and O–H groups in total. The quantitative estimate of drug-likeness (QED) is 0.450. The number of imide groups is 1. The minimum atomic E-state index is -1.27. The lowest BCUT2D eigenvalue weighted by molar-refractivity contribution is -0.149. The number of thioether (sulfide) groups is 1. The van der Waals surface area contributed by atoms with E-state index in [4.69, 9.17) is 9.47 Å². The van der Waals surface area contributed by atoms with Crippen molar-refractivity contribution in [2.75, 3.05) is 13.7 Å². The molecule has 3 atom stereocenters. The zero-order chi connectivity index (χ0) is 25.6. The Kier molecular flexibility index (Phi) is 6.35. The summed E-state index contributed by atoms with van der Waals surface area (Å²) in [5.41, 5.74) is 2.81. The second-order valence-corrected chi connectivity index (χ2v) is 10.8. The summed E-state index contributed by atoms with van der Waals surface area (Å²) in [5.74, 6) is -2.90. The van der Waals surface area contributed by atoms with Crippen LogP contribution in [-0.4, -0.2) is 51.7 Å². The standard InChI is InChI=1S/C25H22N2O7S2/c1-12-3-5-13(6-4-12)11-34-15-8-7-14(9-16(15)33-2)18-19-21(35-22-20(18)36-25(32)26-22)24(31)27(23(19)30)10-17(28)29/h3-9,18-19,21H,10-11H2,1-2H3,(H,26,32)(H,28,29)/t18-,19?,21?/m1/s1. The Labute approximate surface area is 214 Å². The number of carboxylic acids is 1. The Hall–Kier alpha value is -3.57. The molecule has 9 nitrogen and oxygen atoms in total. The molecule has 0 bridgehead atoms. The van der Waals surface area contributed by atoms with Crippen LogP contribution in [0.4, 0.5) is 0 Å². The molecule has 2 aliphatic rings. The number of nitrogens with zero attached hydrogens (tertiary/aromatic N) is 1. The number of nitrogens with one attached hydrogen (secondary N) is 1. The minimum Gasteiger partial charge on any atom is -0.493 e. The smallest absolute Gasteiger partial charge is 0.323 e. The number of benzene rings is 2. The Morgan fingerprint density at radius 2 is 1.83 bits per heavy atom.